The van der Waals surface area contributed by atoms with Crippen molar-refractivity contribution in [1.82, 2.24) is 4.98 Å². The summed E-state index contributed by atoms with van der Waals surface area (Å²) >= 11 is -0.155. The van der Waals surface area contributed by atoms with Crippen LogP contribution < -0.4 is 4.74 Å². The van der Waals surface area contributed by atoms with Crippen LogP contribution in [0.5, 0.6) is 11.6 Å². The second kappa shape index (κ2) is 5.30. The van der Waals surface area contributed by atoms with Gasteiger partial charge in [0.2, 0.25) is 5.88 Å². The van der Waals surface area contributed by atoms with Gasteiger partial charge >= 0.3 is 5.51 Å². The number of rotatable bonds is 3. The molecule has 6 heteroatoms. The van der Waals surface area contributed by atoms with Crippen LogP contribution in [0.1, 0.15) is 0 Å². The average Bonchev–Trinajstić information content (AvgIpc) is 2.31. The van der Waals surface area contributed by atoms with Gasteiger partial charge in [0.1, 0.15) is 5.75 Å². The Balaban J connectivity index is 2.04. The molecule has 0 atom stereocenters. The van der Waals surface area contributed by atoms with Crippen molar-refractivity contribution < 1.29 is 17.9 Å². The standard InChI is InChI=1S/C12H8F3NOS/c13-12(14,15)18-10-6-4-9(5-7-10)17-11-3-1-2-8-16-11/h1-8H. The van der Waals surface area contributed by atoms with Crippen molar-refractivity contribution in [2.45, 2.75) is 10.4 Å². The van der Waals surface area contributed by atoms with Crippen LogP contribution in [0.15, 0.2) is 53.6 Å². The van der Waals surface area contributed by atoms with E-state index in [9.17, 15) is 13.2 Å². The molecular weight excluding hydrogens is 263 g/mol. The number of benzene rings is 1. The van der Waals surface area contributed by atoms with E-state index in [-0.39, 0.29) is 16.7 Å². The number of hydrogen-bond donors (Lipinski definition) is 0. The predicted molar refractivity (Wildman–Crippen MR) is 62.7 cm³/mol. The van der Waals surface area contributed by atoms with Crippen molar-refractivity contribution in [1.29, 1.82) is 0 Å². The topological polar surface area (TPSA) is 22.1 Å². The molecule has 2 aromatic rings. The van der Waals surface area contributed by atoms with E-state index in [1.807, 2.05) is 0 Å². The SMILES string of the molecule is FC(F)(F)Sc1ccc(Oc2ccccn2)cc1. The molecule has 0 N–H and O–H groups in total. The molecule has 0 radical (unpaired) electrons. The third-order valence-electron chi connectivity index (χ3n) is 1.92. The molecule has 0 aliphatic heterocycles. The lowest BCUT2D eigenvalue weighted by molar-refractivity contribution is -0.0328. The maximum Gasteiger partial charge on any atom is 0.446 e. The number of ether oxygens (including phenoxy) is 1. The average molecular weight is 271 g/mol. The van der Waals surface area contributed by atoms with Gasteiger partial charge in [0.05, 0.1) is 0 Å². The summed E-state index contributed by atoms with van der Waals surface area (Å²) in [6.07, 6.45) is 1.57. The summed E-state index contributed by atoms with van der Waals surface area (Å²) in [4.78, 5) is 4.07. The van der Waals surface area contributed by atoms with Crippen LogP contribution in [-0.2, 0) is 0 Å². The van der Waals surface area contributed by atoms with Crippen LogP contribution in [0.4, 0.5) is 13.2 Å². The van der Waals surface area contributed by atoms with Gasteiger partial charge in [0.15, 0.2) is 0 Å². The number of halogens is 3. The van der Waals surface area contributed by atoms with E-state index >= 15 is 0 Å². The Kier molecular flexibility index (Phi) is 3.76. The zero-order chi connectivity index (χ0) is 13.0. The zero-order valence-electron chi connectivity index (χ0n) is 9.02. The van der Waals surface area contributed by atoms with Crippen LogP contribution in [0, 0.1) is 0 Å². The molecule has 1 aromatic carbocycles. The Morgan fingerprint density at radius 3 is 2.28 bits per heavy atom. The highest BCUT2D eigenvalue weighted by Crippen LogP contribution is 2.37. The second-order valence-corrected chi connectivity index (χ2v) is 4.43. The number of pyridine rings is 1. The first kappa shape index (κ1) is 12.8. The highest BCUT2D eigenvalue weighted by molar-refractivity contribution is 8.00. The molecule has 0 aliphatic rings. The third-order valence-corrected chi connectivity index (χ3v) is 2.66. The van der Waals surface area contributed by atoms with Gasteiger partial charge in [-0.25, -0.2) is 4.98 Å². The molecule has 0 bridgehead atoms. The van der Waals surface area contributed by atoms with Crippen LogP contribution in [0.3, 0.4) is 0 Å². The monoisotopic (exact) mass is 271 g/mol. The minimum absolute atomic E-state index is 0.121. The van der Waals surface area contributed by atoms with Gasteiger partial charge in [-0.05, 0) is 42.1 Å². The Hall–Kier alpha value is -1.69. The van der Waals surface area contributed by atoms with Gasteiger partial charge < -0.3 is 4.74 Å². The van der Waals surface area contributed by atoms with Crippen molar-refractivity contribution in [2.75, 3.05) is 0 Å². The Morgan fingerprint density at radius 1 is 1.00 bits per heavy atom. The van der Waals surface area contributed by atoms with Gasteiger partial charge in [0.25, 0.3) is 0 Å². The normalized spacial score (nSPS) is 11.3. The number of thioether (sulfide) groups is 1. The molecule has 2 nitrogen and oxygen atoms in total. The summed E-state index contributed by atoms with van der Waals surface area (Å²) in [5.74, 6) is 0.842. The number of aromatic nitrogens is 1. The first-order valence-electron chi connectivity index (χ1n) is 4.98. The van der Waals surface area contributed by atoms with Crippen molar-refractivity contribution in [3.05, 3.63) is 48.7 Å². The molecule has 0 aliphatic carbocycles. The van der Waals surface area contributed by atoms with E-state index in [2.05, 4.69) is 4.98 Å². The van der Waals surface area contributed by atoms with Gasteiger partial charge in [-0.2, -0.15) is 13.2 Å². The molecule has 0 saturated carbocycles. The van der Waals surface area contributed by atoms with E-state index in [0.29, 0.717) is 11.6 Å². The van der Waals surface area contributed by atoms with Crippen LogP contribution in [0.25, 0.3) is 0 Å². The minimum Gasteiger partial charge on any atom is -0.439 e. The maximum absolute atomic E-state index is 12.1. The molecule has 2 rings (SSSR count). The van der Waals surface area contributed by atoms with Crippen molar-refractivity contribution in [3.8, 4) is 11.6 Å². The Morgan fingerprint density at radius 2 is 1.72 bits per heavy atom. The van der Waals surface area contributed by atoms with Gasteiger partial charge in [-0.3, -0.25) is 0 Å². The van der Waals surface area contributed by atoms with Crippen molar-refractivity contribution in [3.63, 3.8) is 0 Å². The summed E-state index contributed by atoms with van der Waals surface area (Å²) in [5.41, 5.74) is -4.27. The van der Waals surface area contributed by atoms with Gasteiger partial charge in [-0.15, -0.1) is 0 Å². The lowest BCUT2D eigenvalue weighted by atomic mass is 10.3. The van der Waals surface area contributed by atoms with Crippen LogP contribution in [-0.4, -0.2) is 10.5 Å². The molecule has 94 valence electrons. The lowest BCUT2D eigenvalue weighted by Gasteiger charge is -2.07. The predicted octanol–water partition coefficient (Wildman–Crippen LogP) is 4.49. The smallest absolute Gasteiger partial charge is 0.439 e. The lowest BCUT2D eigenvalue weighted by Crippen LogP contribution is -1.98. The highest BCUT2D eigenvalue weighted by atomic mass is 32.2. The van der Waals surface area contributed by atoms with Gasteiger partial charge in [-0.1, -0.05) is 6.07 Å². The Bertz CT molecular complexity index is 499. The molecule has 0 amide bonds. The number of nitrogens with zero attached hydrogens (tertiary/aromatic N) is 1. The molecule has 0 unspecified atom stereocenters. The van der Waals surface area contributed by atoms with E-state index in [0.717, 1.165) is 0 Å². The first-order chi connectivity index (χ1) is 8.53. The third kappa shape index (κ3) is 3.96. The molecule has 18 heavy (non-hydrogen) atoms. The molecule has 0 saturated heterocycles. The fourth-order valence-electron chi connectivity index (χ4n) is 1.24. The minimum atomic E-state index is -4.27. The molecule has 1 heterocycles. The number of alkyl halides is 3. The quantitative estimate of drug-likeness (QED) is 0.768. The van der Waals surface area contributed by atoms with E-state index < -0.39 is 5.51 Å². The summed E-state index contributed by atoms with van der Waals surface area (Å²) in [6.45, 7) is 0. The number of hydrogen-bond acceptors (Lipinski definition) is 3. The molecule has 1 aromatic heterocycles. The van der Waals surface area contributed by atoms with E-state index in [1.165, 1.54) is 24.3 Å². The van der Waals surface area contributed by atoms with Crippen LogP contribution >= 0.6 is 11.8 Å². The molecule has 0 fully saturated rings. The Labute approximate surface area is 106 Å². The summed E-state index contributed by atoms with van der Waals surface area (Å²) < 4.78 is 41.7. The van der Waals surface area contributed by atoms with Crippen LogP contribution in [0.2, 0.25) is 0 Å². The van der Waals surface area contributed by atoms with Crippen molar-refractivity contribution >= 4 is 11.8 Å². The zero-order valence-corrected chi connectivity index (χ0v) is 9.83. The molecular formula is C12H8F3NOS. The van der Waals surface area contributed by atoms with Crippen molar-refractivity contribution in [2.24, 2.45) is 0 Å². The largest absolute Gasteiger partial charge is 0.446 e. The fraction of sp³-hybridized carbons (Fsp3) is 0.0833. The summed E-state index contributed by atoms with van der Waals surface area (Å²) in [7, 11) is 0. The second-order valence-electron chi connectivity index (χ2n) is 3.29. The fourth-order valence-corrected chi connectivity index (χ4v) is 1.78. The molecule has 0 spiro atoms. The van der Waals surface area contributed by atoms with E-state index in [4.69, 9.17) is 4.74 Å². The summed E-state index contributed by atoms with van der Waals surface area (Å²) in [6, 6.07) is 10.8. The first-order valence-corrected chi connectivity index (χ1v) is 5.79. The maximum atomic E-state index is 12.1. The van der Waals surface area contributed by atoms with Gasteiger partial charge in [0, 0.05) is 17.2 Å². The summed E-state index contributed by atoms with van der Waals surface area (Å²) in [5, 5.41) is 0. The highest BCUT2D eigenvalue weighted by Gasteiger charge is 2.29. The van der Waals surface area contributed by atoms with E-state index in [1.54, 1.807) is 24.4 Å².